The predicted molar refractivity (Wildman–Crippen MR) is 88.6 cm³/mol. The second kappa shape index (κ2) is 9.63. The molecular formula is C15H24ClN3O3. The second-order valence-electron chi connectivity index (χ2n) is 5.14. The van der Waals surface area contributed by atoms with Crippen LogP contribution in [0.5, 0.6) is 5.75 Å². The minimum Gasteiger partial charge on any atom is -0.491 e. The number of nitrogens with zero attached hydrogens (tertiary/aromatic N) is 1. The zero-order valence-corrected chi connectivity index (χ0v) is 14.0. The number of likely N-dealkylation sites (N-methyl/N-ethyl adjacent to an activating group) is 1. The van der Waals surface area contributed by atoms with Crippen LogP contribution in [-0.2, 0) is 9.53 Å². The summed E-state index contributed by atoms with van der Waals surface area (Å²) in [7, 11) is 5.47. The van der Waals surface area contributed by atoms with Gasteiger partial charge in [0, 0.05) is 25.9 Å². The summed E-state index contributed by atoms with van der Waals surface area (Å²) in [6, 6.07) is 5.15. The third-order valence-corrected chi connectivity index (χ3v) is 3.32. The first-order valence-electron chi connectivity index (χ1n) is 7.06. The summed E-state index contributed by atoms with van der Waals surface area (Å²) >= 11 is 6.15. The number of amides is 1. The molecule has 3 N–H and O–H groups in total. The molecule has 0 spiro atoms. The molecule has 1 atom stereocenters. The van der Waals surface area contributed by atoms with E-state index < -0.39 is 0 Å². The fraction of sp³-hybridized carbons (Fsp3) is 0.533. The van der Waals surface area contributed by atoms with E-state index in [2.05, 4.69) is 5.32 Å². The highest BCUT2D eigenvalue weighted by molar-refractivity contribution is 6.32. The molecule has 0 saturated heterocycles. The second-order valence-corrected chi connectivity index (χ2v) is 5.55. The Balaban J connectivity index is 2.55. The van der Waals surface area contributed by atoms with Crippen LogP contribution in [0.4, 0.5) is 5.69 Å². The molecule has 124 valence electrons. The minimum atomic E-state index is -0.288. The van der Waals surface area contributed by atoms with Crippen LogP contribution in [0.3, 0.4) is 0 Å². The Bertz CT molecular complexity index is 479. The summed E-state index contributed by atoms with van der Waals surface area (Å²) in [5, 5.41) is 3.22. The topological polar surface area (TPSA) is 76.8 Å². The largest absolute Gasteiger partial charge is 0.491 e. The van der Waals surface area contributed by atoms with Crippen LogP contribution in [0.1, 0.15) is 6.42 Å². The fourth-order valence-corrected chi connectivity index (χ4v) is 1.95. The monoisotopic (exact) mass is 329 g/mol. The highest BCUT2D eigenvalue weighted by Gasteiger charge is 2.12. The molecule has 0 aromatic heterocycles. The number of carbonyl (C=O) groups is 1. The molecule has 0 radical (unpaired) electrons. The van der Waals surface area contributed by atoms with Crippen molar-refractivity contribution >= 4 is 23.2 Å². The van der Waals surface area contributed by atoms with Crippen LogP contribution in [0.2, 0.25) is 5.02 Å². The van der Waals surface area contributed by atoms with Gasteiger partial charge in [-0.25, -0.2) is 0 Å². The van der Waals surface area contributed by atoms with Gasteiger partial charge in [-0.1, -0.05) is 11.6 Å². The first-order chi connectivity index (χ1) is 10.5. The summed E-state index contributed by atoms with van der Waals surface area (Å²) in [5.41, 5.74) is 6.10. The predicted octanol–water partition coefficient (Wildman–Crippen LogP) is 1.58. The number of benzene rings is 1. The number of nitrogens with two attached hydrogens (primary N) is 1. The molecule has 0 aliphatic rings. The van der Waals surface area contributed by atoms with Crippen molar-refractivity contribution in [2.24, 2.45) is 5.73 Å². The molecule has 1 aromatic rings. The van der Waals surface area contributed by atoms with Gasteiger partial charge in [-0.2, -0.15) is 0 Å². The van der Waals surface area contributed by atoms with E-state index >= 15 is 0 Å². The molecule has 1 amide bonds. The fourth-order valence-electron chi connectivity index (χ4n) is 1.72. The number of hydrogen-bond donors (Lipinski definition) is 2. The maximum Gasteiger partial charge on any atom is 0.227 e. The quantitative estimate of drug-likeness (QED) is 0.719. The van der Waals surface area contributed by atoms with Crippen LogP contribution >= 0.6 is 11.6 Å². The van der Waals surface area contributed by atoms with Gasteiger partial charge in [-0.05, 0) is 32.3 Å². The highest BCUT2D eigenvalue weighted by Crippen LogP contribution is 2.27. The van der Waals surface area contributed by atoms with E-state index in [1.807, 2.05) is 19.0 Å². The summed E-state index contributed by atoms with van der Waals surface area (Å²) in [5.74, 6) is 0.424. The lowest BCUT2D eigenvalue weighted by Gasteiger charge is -2.14. The lowest BCUT2D eigenvalue weighted by Crippen LogP contribution is -2.28. The van der Waals surface area contributed by atoms with E-state index in [-0.39, 0.29) is 18.4 Å². The molecule has 7 heteroatoms. The minimum absolute atomic E-state index is 0.172. The molecule has 1 aromatic carbocycles. The van der Waals surface area contributed by atoms with Gasteiger partial charge in [0.15, 0.2) is 0 Å². The van der Waals surface area contributed by atoms with Crippen molar-refractivity contribution in [3.63, 3.8) is 0 Å². The van der Waals surface area contributed by atoms with Crippen molar-refractivity contribution in [2.75, 3.05) is 46.2 Å². The number of halogens is 1. The van der Waals surface area contributed by atoms with Gasteiger partial charge >= 0.3 is 0 Å². The van der Waals surface area contributed by atoms with Crippen molar-refractivity contribution in [2.45, 2.75) is 12.5 Å². The molecule has 0 fully saturated rings. The van der Waals surface area contributed by atoms with E-state index in [4.69, 9.17) is 26.8 Å². The summed E-state index contributed by atoms with van der Waals surface area (Å²) < 4.78 is 10.7. The van der Waals surface area contributed by atoms with Gasteiger partial charge in [-0.15, -0.1) is 0 Å². The number of rotatable bonds is 9. The Hall–Kier alpha value is -1.34. The van der Waals surface area contributed by atoms with Crippen molar-refractivity contribution in [1.29, 1.82) is 0 Å². The van der Waals surface area contributed by atoms with E-state index in [1.54, 1.807) is 18.2 Å². The normalized spacial score (nSPS) is 12.3. The highest BCUT2D eigenvalue weighted by atomic mass is 35.5. The van der Waals surface area contributed by atoms with E-state index in [0.29, 0.717) is 29.6 Å². The zero-order valence-electron chi connectivity index (χ0n) is 13.3. The molecule has 6 nitrogen and oxygen atoms in total. The van der Waals surface area contributed by atoms with Crippen molar-refractivity contribution in [1.82, 2.24) is 4.90 Å². The first kappa shape index (κ1) is 18.7. The number of hydrogen-bond acceptors (Lipinski definition) is 5. The van der Waals surface area contributed by atoms with Gasteiger partial charge < -0.3 is 25.4 Å². The molecule has 0 heterocycles. The third kappa shape index (κ3) is 6.62. The van der Waals surface area contributed by atoms with Gasteiger partial charge in [0.2, 0.25) is 5.91 Å². The summed E-state index contributed by atoms with van der Waals surface area (Å²) in [6.45, 7) is 1.64. The average molecular weight is 330 g/mol. The van der Waals surface area contributed by atoms with Crippen molar-refractivity contribution in [3.05, 3.63) is 23.2 Å². The molecule has 0 saturated carbocycles. The number of carbonyl (C=O) groups excluding carboxylic acids is 1. The van der Waals surface area contributed by atoms with Crippen LogP contribution in [-0.4, -0.2) is 57.8 Å². The van der Waals surface area contributed by atoms with Crippen LogP contribution in [0.15, 0.2) is 18.2 Å². The number of nitrogens with one attached hydrogen (secondary N) is 1. The maximum absolute atomic E-state index is 11.9. The van der Waals surface area contributed by atoms with E-state index in [1.165, 1.54) is 7.11 Å². The molecule has 0 bridgehead atoms. The van der Waals surface area contributed by atoms with E-state index in [9.17, 15) is 4.79 Å². The molecule has 1 rings (SSSR count). The molecule has 1 unspecified atom stereocenters. The number of ether oxygens (including phenoxy) is 2. The maximum atomic E-state index is 11.9. The van der Waals surface area contributed by atoms with Crippen molar-refractivity contribution < 1.29 is 14.3 Å². The third-order valence-electron chi connectivity index (χ3n) is 3.02. The Kier molecular flexibility index (Phi) is 8.19. The van der Waals surface area contributed by atoms with Gasteiger partial charge in [0.25, 0.3) is 0 Å². The first-order valence-corrected chi connectivity index (χ1v) is 7.43. The van der Waals surface area contributed by atoms with Gasteiger partial charge in [0.1, 0.15) is 12.4 Å². The molecular weight excluding hydrogens is 306 g/mol. The smallest absolute Gasteiger partial charge is 0.227 e. The molecule has 0 aliphatic carbocycles. The molecule has 22 heavy (non-hydrogen) atoms. The Morgan fingerprint density at radius 2 is 2.18 bits per heavy atom. The Morgan fingerprint density at radius 3 is 2.73 bits per heavy atom. The van der Waals surface area contributed by atoms with Crippen molar-refractivity contribution in [3.8, 4) is 5.75 Å². The van der Waals surface area contributed by atoms with Crippen LogP contribution in [0, 0.1) is 0 Å². The molecule has 0 aliphatic heterocycles. The standard InChI is InChI=1S/C15H24ClN3O3/c1-19(2)6-7-22-14-5-4-11(8-13(14)16)18-15(20)9-12(10-17)21-3/h4-5,8,12H,6-7,9-10,17H2,1-3H3,(H,18,20). The Labute approximate surface area is 136 Å². The lowest BCUT2D eigenvalue weighted by atomic mass is 10.2. The SMILES string of the molecule is COC(CN)CC(=O)Nc1ccc(OCCN(C)C)c(Cl)c1. The van der Waals surface area contributed by atoms with Gasteiger partial charge in [-0.3, -0.25) is 4.79 Å². The van der Waals surface area contributed by atoms with E-state index in [0.717, 1.165) is 6.54 Å². The Morgan fingerprint density at radius 1 is 1.45 bits per heavy atom. The lowest BCUT2D eigenvalue weighted by molar-refractivity contribution is -0.118. The van der Waals surface area contributed by atoms with Gasteiger partial charge in [0.05, 0.1) is 17.5 Å². The average Bonchev–Trinajstić information content (AvgIpc) is 2.46. The number of anilines is 1. The summed E-state index contributed by atoms with van der Waals surface area (Å²) in [4.78, 5) is 13.9. The summed E-state index contributed by atoms with van der Waals surface area (Å²) in [6.07, 6.45) is -0.0878. The number of methoxy groups -OCH3 is 1. The van der Waals surface area contributed by atoms with Crippen LogP contribution in [0.25, 0.3) is 0 Å². The van der Waals surface area contributed by atoms with Crippen LogP contribution < -0.4 is 15.8 Å². The zero-order chi connectivity index (χ0) is 16.5.